The second kappa shape index (κ2) is 9.14. The van der Waals surface area contributed by atoms with Gasteiger partial charge in [0.15, 0.2) is 0 Å². The molecule has 8 heteroatoms. The van der Waals surface area contributed by atoms with Crippen LogP contribution in [0, 0.1) is 0 Å². The van der Waals surface area contributed by atoms with E-state index in [9.17, 15) is 18.0 Å². The fraction of sp³-hybridized carbons (Fsp3) is 0.474. The van der Waals surface area contributed by atoms with Crippen LogP contribution in [0.5, 0.6) is 0 Å². The number of hydrogen-bond donors (Lipinski definition) is 2. The molecule has 1 aromatic rings. The van der Waals surface area contributed by atoms with Crippen LogP contribution in [0.2, 0.25) is 0 Å². The first-order chi connectivity index (χ1) is 12.8. The molecule has 1 aliphatic carbocycles. The number of sulfonamides is 1. The number of nitrogens with one attached hydrogen (secondary N) is 2. The van der Waals surface area contributed by atoms with Crippen LogP contribution in [0.25, 0.3) is 0 Å². The summed E-state index contributed by atoms with van der Waals surface area (Å²) in [6.07, 6.45) is 5.21. The fourth-order valence-electron chi connectivity index (χ4n) is 3.13. The SMILES string of the molecule is C=CCNS(=O)(=O)c1ccc(C(=O)NC2(C(=O)OCC)CCCCC2)cc1. The van der Waals surface area contributed by atoms with E-state index in [0.29, 0.717) is 12.8 Å². The van der Waals surface area contributed by atoms with Gasteiger partial charge < -0.3 is 10.1 Å². The molecule has 7 nitrogen and oxygen atoms in total. The van der Waals surface area contributed by atoms with Crippen LogP contribution in [0.4, 0.5) is 0 Å². The van der Waals surface area contributed by atoms with Crippen LogP contribution < -0.4 is 10.0 Å². The summed E-state index contributed by atoms with van der Waals surface area (Å²) in [5.74, 6) is -0.834. The average molecular weight is 394 g/mol. The lowest BCUT2D eigenvalue weighted by Gasteiger charge is -2.35. The number of carbonyl (C=O) groups is 2. The number of rotatable bonds is 8. The van der Waals surface area contributed by atoms with Crippen LogP contribution in [0.1, 0.15) is 49.4 Å². The number of hydrogen-bond acceptors (Lipinski definition) is 5. The first-order valence-corrected chi connectivity index (χ1v) is 10.5. The predicted molar refractivity (Wildman–Crippen MR) is 102 cm³/mol. The van der Waals surface area contributed by atoms with Gasteiger partial charge in [0, 0.05) is 12.1 Å². The Labute approximate surface area is 160 Å². The van der Waals surface area contributed by atoms with Crippen molar-refractivity contribution in [3.8, 4) is 0 Å². The summed E-state index contributed by atoms with van der Waals surface area (Å²) in [6.45, 7) is 5.57. The monoisotopic (exact) mass is 394 g/mol. The summed E-state index contributed by atoms with van der Waals surface area (Å²) in [7, 11) is -3.65. The maximum atomic E-state index is 12.7. The number of amides is 1. The Bertz CT molecular complexity index is 781. The third-order valence-corrected chi connectivity index (χ3v) is 6.01. The van der Waals surface area contributed by atoms with Crippen LogP contribution in [0.15, 0.2) is 41.8 Å². The Morgan fingerprint density at radius 1 is 1.19 bits per heavy atom. The highest BCUT2D eigenvalue weighted by Crippen LogP contribution is 2.30. The molecule has 148 valence electrons. The minimum absolute atomic E-state index is 0.0543. The van der Waals surface area contributed by atoms with Gasteiger partial charge in [-0.1, -0.05) is 25.3 Å². The highest BCUT2D eigenvalue weighted by molar-refractivity contribution is 7.89. The molecule has 0 spiro atoms. The average Bonchev–Trinajstić information content (AvgIpc) is 2.67. The Kier molecular flexibility index (Phi) is 7.15. The van der Waals surface area contributed by atoms with E-state index in [1.165, 1.54) is 30.3 Å². The predicted octanol–water partition coefficient (Wildman–Crippen LogP) is 2.15. The molecule has 1 amide bonds. The fourth-order valence-corrected chi connectivity index (χ4v) is 4.13. The minimum Gasteiger partial charge on any atom is -0.464 e. The van der Waals surface area contributed by atoms with Gasteiger partial charge in [-0.2, -0.15) is 0 Å². The normalized spacial score (nSPS) is 16.3. The summed E-state index contributed by atoms with van der Waals surface area (Å²) in [4.78, 5) is 25.2. The smallest absolute Gasteiger partial charge is 0.331 e. The third kappa shape index (κ3) is 5.17. The quantitative estimate of drug-likeness (QED) is 0.520. The van der Waals surface area contributed by atoms with Crippen molar-refractivity contribution in [2.24, 2.45) is 0 Å². The molecule has 1 aliphatic rings. The van der Waals surface area contributed by atoms with Gasteiger partial charge in [0.05, 0.1) is 11.5 Å². The molecular formula is C19H26N2O5S. The lowest BCUT2D eigenvalue weighted by atomic mass is 9.81. The van der Waals surface area contributed by atoms with Crippen molar-refractivity contribution in [3.63, 3.8) is 0 Å². The van der Waals surface area contributed by atoms with E-state index >= 15 is 0 Å². The van der Waals surface area contributed by atoms with Gasteiger partial charge in [0.1, 0.15) is 5.54 Å². The summed E-state index contributed by atoms with van der Waals surface area (Å²) >= 11 is 0. The van der Waals surface area contributed by atoms with Crippen LogP contribution in [-0.2, 0) is 19.6 Å². The van der Waals surface area contributed by atoms with Crippen molar-refractivity contribution in [1.82, 2.24) is 10.0 Å². The second-order valence-electron chi connectivity index (χ2n) is 6.48. The Morgan fingerprint density at radius 2 is 1.81 bits per heavy atom. The van der Waals surface area contributed by atoms with Gasteiger partial charge in [-0.05, 0) is 44.0 Å². The molecule has 0 aliphatic heterocycles. The first-order valence-electron chi connectivity index (χ1n) is 9.05. The molecule has 1 fully saturated rings. The molecule has 0 heterocycles. The molecule has 27 heavy (non-hydrogen) atoms. The number of benzene rings is 1. The van der Waals surface area contributed by atoms with E-state index in [2.05, 4.69) is 16.6 Å². The summed E-state index contributed by atoms with van der Waals surface area (Å²) in [5, 5.41) is 2.83. The van der Waals surface area contributed by atoms with E-state index in [1.54, 1.807) is 6.92 Å². The minimum atomic E-state index is -3.65. The largest absolute Gasteiger partial charge is 0.464 e. The van der Waals surface area contributed by atoms with Gasteiger partial charge in [-0.15, -0.1) is 6.58 Å². The molecule has 0 unspecified atom stereocenters. The molecule has 0 radical (unpaired) electrons. The Balaban J connectivity index is 2.16. The Hall–Kier alpha value is -2.19. The number of esters is 1. The van der Waals surface area contributed by atoms with E-state index in [1.807, 2.05) is 0 Å². The van der Waals surface area contributed by atoms with Crippen molar-refractivity contribution in [2.75, 3.05) is 13.2 Å². The maximum absolute atomic E-state index is 12.7. The molecule has 0 aromatic heterocycles. The summed E-state index contributed by atoms with van der Waals surface area (Å²) < 4.78 is 31.7. The van der Waals surface area contributed by atoms with Crippen molar-refractivity contribution in [2.45, 2.75) is 49.5 Å². The highest BCUT2D eigenvalue weighted by Gasteiger charge is 2.42. The first kappa shape index (κ1) is 21.1. The second-order valence-corrected chi connectivity index (χ2v) is 8.25. The molecule has 0 bridgehead atoms. The van der Waals surface area contributed by atoms with Crippen molar-refractivity contribution in [1.29, 1.82) is 0 Å². The van der Waals surface area contributed by atoms with Crippen LogP contribution in [0.3, 0.4) is 0 Å². The van der Waals surface area contributed by atoms with Gasteiger partial charge in [0.2, 0.25) is 10.0 Å². The third-order valence-electron chi connectivity index (χ3n) is 4.57. The lowest BCUT2D eigenvalue weighted by molar-refractivity contribution is -0.152. The Morgan fingerprint density at radius 3 is 2.37 bits per heavy atom. The molecule has 1 aromatic carbocycles. The number of ether oxygens (including phenoxy) is 1. The molecule has 2 N–H and O–H groups in total. The molecular weight excluding hydrogens is 368 g/mol. The van der Waals surface area contributed by atoms with Crippen molar-refractivity contribution in [3.05, 3.63) is 42.5 Å². The van der Waals surface area contributed by atoms with Gasteiger partial charge in [0.25, 0.3) is 5.91 Å². The van der Waals surface area contributed by atoms with Crippen molar-refractivity contribution >= 4 is 21.9 Å². The standard InChI is InChI=1S/C19H26N2O5S/c1-3-14-20-27(24,25)16-10-8-15(9-11-16)17(22)21-19(18(23)26-4-2)12-6-5-7-13-19/h3,8-11,20H,1,4-7,12-14H2,2H3,(H,21,22). The van der Waals surface area contributed by atoms with E-state index in [4.69, 9.17) is 4.74 Å². The zero-order valence-corrected chi connectivity index (χ0v) is 16.3. The maximum Gasteiger partial charge on any atom is 0.331 e. The van der Waals surface area contributed by atoms with E-state index in [0.717, 1.165) is 19.3 Å². The molecule has 1 saturated carbocycles. The van der Waals surface area contributed by atoms with Gasteiger partial charge >= 0.3 is 5.97 Å². The van der Waals surface area contributed by atoms with E-state index < -0.39 is 27.4 Å². The zero-order chi connectivity index (χ0) is 19.9. The summed E-state index contributed by atoms with van der Waals surface area (Å²) in [6, 6.07) is 5.58. The van der Waals surface area contributed by atoms with E-state index in [-0.39, 0.29) is 23.6 Å². The number of carbonyl (C=O) groups excluding carboxylic acids is 2. The van der Waals surface area contributed by atoms with Gasteiger partial charge in [-0.25, -0.2) is 17.9 Å². The highest BCUT2D eigenvalue weighted by atomic mass is 32.2. The molecule has 0 atom stereocenters. The zero-order valence-electron chi connectivity index (χ0n) is 15.5. The van der Waals surface area contributed by atoms with Crippen LogP contribution in [-0.4, -0.2) is 39.0 Å². The summed E-state index contributed by atoms with van der Waals surface area (Å²) in [5.41, 5.74) is -0.728. The van der Waals surface area contributed by atoms with Crippen LogP contribution >= 0.6 is 0 Å². The molecule has 2 rings (SSSR count). The topological polar surface area (TPSA) is 102 Å². The molecule has 0 saturated heterocycles. The van der Waals surface area contributed by atoms with Gasteiger partial charge in [-0.3, -0.25) is 4.79 Å². The van der Waals surface area contributed by atoms with Crippen molar-refractivity contribution < 1.29 is 22.7 Å². The lowest BCUT2D eigenvalue weighted by Crippen LogP contribution is -2.56.